The van der Waals surface area contributed by atoms with Crippen molar-refractivity contribution < 1.29 is 19.2 Å². The highest BCUT2D eigenvalue weighted by Crippen LogP contribution is 2.10. The number of benzene rings is 4. The van der Waals surface area contributed by atoms with Crippen LogP contribution in [0.3, 0.4) is 0 Å². The van der Waals surface area contributed by atoms with Crippen molar-refractivity contribution >= 4 is 28.8 Å². The fourth-order valence-corrected chi connectivity index (χ4v) is 6.93. The van der Waals surface area contributed by atoms with E-state index in [9.17, 15) is 0 Å². The normalized spacial score (nSPS) is 18.8. The van der Waals surface area contributed by atoms with Crippen LogP contribution in [0.2, 0.25) is 0 Å². The minimum atomic E-state index is -4.80. The van der Waals surface area contributed by atoms with Gasteiger partial charge in [0.15, 0.2) is 8.07 Å². The lowest BCUT2D eigenvalue weighted by molar-refractivity contribution is 1.49. The van der Waals surface area contributed by atoms with Crippen LogP contribution in [0.4, 0.5) is 0 Å². The minimum Gasteiger partial charge on any atom is -0.0623 e. The van der Waals surface area contributed by atoms with Gasteiger partial charge in [-0.05, 0) is 27.7 Å². The van der Waals surface area contributed by atoms with Crippen molar-refractivity contribution in [1.82, 2.24) is 0 Å². The lowest BCUT2D eigenvalue weighted by Gasteiger charge is -2.34. The van der Waals surface area contributed by atoms with Gasteiger partial charge in [-0.3, -0.25) is 0 Å². The topological polar surface area (TPSA) is 0 Å². The number of rotatable bonds is 4. The van der Waals surface area contributed by atoms with Crippen LogP contribution in [0.25, 0.3) is 0 Å². The van der Waals surface area contributed by atoms with E-state index in [0.29, 0.717) is 0 Å². The molecular formula is C25H22Si. The predicted molar refractivity (Wildman–Crippen MR) is 115 cm³/mol. The summed E-state index contributed by atoms with van der Waals surface area (Å²) in [7, 11) is -4.80. The van der Waals surface area contributed by atoms with Crippen LogP contribution in [0, 0.1) is 6.92 Å². The molecule has 0 heterocycles. The smallest absolute Gasteiger partial charge is 0.0623 e. The molecule has 0 aliphatic carbocycles. The van der Waals surface area contributed by atoms with E-state index in [4.69, 9.17) is 19.2 Å². The Kier molecular flexibility index (Phi) is 1.93. The van der Waals surface area contributed by atoms with Gasteiger partial charge in [-0.25, -0.2) is 0 Å². The molecule has 0 nitrogen and oxygen atoms in total. The molecule has 0 N–H and O–H groups in total. The molecule has 0 unspecified atom stereocenters. The largest absolute Gasteiger partial charge is 0.179 e. The molecule has 0 fully saturated rings. The molecular weight excluding hydrogens is 328 g/mol. The van der Waals surface area contributed by atoms with Crippen LogP contribution in [-0.2, 0) is 0 Å². The van der Waals surface area contributed by atoms with Gasteiger partial charge < -0.3 is 0 Å². The zero-order valence-corrected chi connectivity index (χ0v) is 14.9. The molecule has 0 aliphatic heterocycles. The summed E-state index contributed by atoms with van der Waals surface area (Å²) >= 11 is 0. The van der Waals surface area contributed by atoms with Gasteiger partial charge in [-0.15, -0.1) is 0 Å². The molecule has 4 aromatic carbocycles. The van der Waals surface area contributed by atoms with E-state index in [2.05, 4.69) is 0 Å². The summed E-state index contributed by atoms with van der Waals surface area (Å²) in [5.74, 6) is 0. The Labute approximate surface area is 176 Å². The van der Waals surface area contributed by atoms with Gasteiger partial charge in [0, 0.05) is 0 Å². The summed E-state index contributed by atoms with van der Waals surface area (Å²) < 4.78 is 120. The average molecular weight is 365 g/mol. The second-order valence-electron chi connectivity index (χ2n) is 5.62. The molecule has 4 rings (SSSR count). The van der Waals surface area contributed by atoms with Crippen molar-refractivity contribution in [3.63, 3.8) is 0 Å². The lowest BCUT2D eigenvalue weighted by atomic mass is 10.2. The fourth-order valence-electron chi connectivity index (χ4n) is 3.00. The lowest BCUT2D eigenvalue weighted by Crippen LogP contribution is -2.74. The maximum atomic E-state index is 9.06. The van der Waals surface area contributed by atoms with E-state index in [1.165, 1.54) is 19.1 Å². The molecule has 0 spiro atoms. The van der Waals surface area contributed by atoms with Gasteiger partial charge in [0.2, 0.25) is 0 Å². The van der Waals surface area contributed by atoms with Crippen LogP contribution >= 0.6 is 0 Å². The highest BCUT2D eigenvalue weighted by molar-refractivity contribution is 7.19. The Morgan fingerprint density at radius 2 is 1.12 bits per heavy atom. The van der Waals surface area contributed by atoms with Gasteiger partial charge in [0.1, 0.15) is 0 Å². The molecule has 0 bridgehead atoms. The first-order chi connectivity index (χ1) is 18.6. The third-order valence-electron chi connectivity index (χ3n) is 4.08. The summed E-state index contributed by atoms with van der Waals surface area (Å²) in [6.07, 6.45) is 0. The molecule has 126 valence electrons. The van der Waals surface area contributed by atoms with Crippen molar-refractivity contribution in [2.45, 2.75) is 6.92 Å². The van der Waals surface area contributed by atoms with Crippen LogP contribution in [-0.4, -0.2) is 8.07 Å². The SMILES string of the molecule is [2H]c1c([2H])c([2H])c([Si](c2ccccc2)(c2c([2H])c([2H])c([2H])c([2H])c2[2H])c2c([2H])c([2H])c([2H])c(C)c2[2H])c([2H])c1[2H]. The third kappa shape index (κ3) is 2.81. The Balaban J connectivity index is 2.55. The predicted octanol–water partition coefficient (Wildman–Crippen LogP) is 3.37. The molecule has 0 atom stereocenters. The maximum absolute atomic E-state index is 9.06. The molecule has 0 aliphatic rings. The van der Waals surface area contributed by atoms with Gasteiger partial charge >= 0.3 is 0 Å². The second-order valence-corrected chi connectivity index (χ2v) is 9.19. The summed E-state index contributed by atoms with van der Waals surface area (Å²) in [4.78, 5) is 0. The van der Waals surface area contributed by atoms with E-state index in [0.717, 1.165) is 0 Å². The molecule has 0 saturated heterocycles. The summed E-state index contributed by atoms with van der Waals surface area (Å²) in [5, 5.41) is -0.969. The molecule has 26 heavy (non-hydrogen) atoms. The van der Waals surface area contributed by atoms with Gasteiger partial charge in [-0.2, -0.15) is 0 Å². The molecule has 0 amide bonds. The first-order valence-electron chi connectivity index (χ1n) is 14.9. The van der Waals surface area contributed by atoms with E-state index < -0.39 is 103 Å². The van der Waals surface area contributed by atoms with Crippen molar-refractivity contribution in [2.75, 3.05) is 0 Å². The molecule has 4 aromatic rings. The van der Waals surface area contributed by atoms with Crippen molar-refractivity contribution in [2.24, 2.45) is 0 Å². The Morgan fingerprint density at radius 3 is 1.69 bits per heavy atom. The highest BCUT2D eigenvalue weighted by Gasteiger charge is 2.41. The van der Waals surface area contributed by atoms with Gasteiger partial charge in [-0.1, -0.05) is 120 Å². The van der Waals surface area contributed by atoms with Crippen LogP contribution in [0.1, 0.15) is 24.8 Å². The molecule has 1 heteroatoms. The van der Waals surface area contributed by atoms with E-state index in [1.807, 2.05) is 0 Å². The van der Waals surface area contributed by atoms with Crippen molar-refractivity contribution in [3.05, 3.63) is 120 Å². The summed E-state index contributed by atoms with van der Waals surface area (Å²) in [6, 6.07) is -1.64. The minimum absolute atomic E-state index is 0.0384. The van der Waals surface area contributed by atoms with E-state index in [1.54, 1.807) is 18.2 Å². The summed E-state index contributed by atoms with van der Waals surface area (Å²) in [6.45, 7) is 1.37. The first kappa shape index (κ1) is 7.01. The van der Waals surface area contributed by atoms with Crippen molar-refractivity contribution in [3.8, 4) is 0 Å². The number of hydrogen-bond donors (Lipinski definition) is 0. The molecule has 0 saturated carbocycles. The van der Waals surface area contributed by atoms with E-state index >= 15 is 0 Å². The Morgan fingerprint density at radius 1 is 0.577 bits per heavy atom. The van der Waals surface area contributed by atoms with Crippen LogP contribution in [0.15, 0.2) is 115 Å². The third-order valence-corrected chi connectivity index (χ3v) is 8.28. The fraction of sp³-hybridized carbons (Fsp3) is 0.0400. The monoisotopic (exact) mass is 364 g/mol. The molecule has 0 radical (unpaired) electrons. The van der Waals surface area contributed by atoms with E-state index in [-0.39, 0.29) is 15.9 Å². The maximum Gasteiger partial charge on any atom is 0.179 e. The highest BCUT2D eigenvalue weighted by atomic mass is 28.3. The molecule has 0 aromatic heterocycles. The quantitative estimate of drug-likeness (QED) is 0.385. The second kappa shape index (κ2) is 7.15. The Hall–Kier alpha value is -2.90. The number of hydrogen-bond acceptors (Lipinski definition) is 0. The van der Waals surface area contributed by atoms with Crippen LogP contribution in [0.5, 0.6) is 0 Å². The average Bonchev–Trinajstić information content (AvgIpc) is 2.95. The first-order valence-corrected chi connectivity index (χ1v) is 9.91. The zero-order valence-electron chi connectivity index (χ0n) is 27.9. The standard InChI is InChI=1S/C25H22Si/c1-21-12-11-19-25(20-21)26(22-13-5-2-6-14-22,23-15-7-3-8-16-23)24-17-9-4-10-18-24/h2-20H,1H3/i2D,3D,5D,6D,7D,8D,11D,12D,13D,14D,15D,16D,19D,20D. The van der Waals surface area contributed by atoms with Gasteiger partial charge in [0.25, 0.3) is 0 Å². The zero-order chi connectivity index (χ0) is 30.0. The Bertz CT molecular complexity index is 1450. The van der Waals surface area contributed by atoms with Crippen molar-refractivity contribution in [1.29, 1.82) is 0 Å². The van der Waals surface area contributed by atoms with Gasteiger partial charge in [0.05, 0.1) is 19.2 Å². The van der Waals surface area contributed by atoms with Crippen LogP contribution < -0.4 is 20.7 Å². The summed E-state index contributed by atoms with van der Waals surface area (Å²) in [5.41, 5.74) is -0.0384.